The topological polar surface area (TPSA) is 66.5 Å². The zero-order valence-electron chi connectivity index (χ0n) is 18.0. The Balaban J connectivity index is 1.55. The summed E-state index contributed by atoms with van der Waals surface area (Å²) in [6.07, 6.45) is 1.07. The predicted octanol–water partition coefficient (Wildman–Crippen LogP) is 5.11. The van der Waals surface area contributed by atoms with E-state index in [-0.39, 0.29) is 18.0 Å². The summed E-state index contributed by atoms with van der Waals surface area (Å²) in [6, 6.07) is 19.9. The molecule has 33 heavy (non-hydrogen) atoms. The third kappa shape index (κ3) is 7.48. The number of thioether (sulfide) groups is 1. The molecular weight excluding hydrogens is 483 g/mol. The maximum atomic E-state index is 14.0. The van der Waals surface area contributed by atoms with Crippen molar-refractivity contribution in [1.29, 1.82) is 0 Å². The Hall–Kier alpha value is -2.55. The van der Waals surface area contributed by atoms with E-state index in [4.69, 9.17) is 11.6 Å². The number of benzene rings is 3. The molecule has 0 radical (unpaired) electrons. The van der Waals surface area contributed by atoms with Crippen molar-refractivity contribution in [2.24, 2.45) is 0 Å². The van der Waals surface area contributed by atoms with Crippen LogP contribution in [0.3, 0.4) is 0 Å². The molecule has 3 aromatic carbocycles. The highest BCUT2D eigenvalue weighted by molar-refractivity contribution is 7.98. The van der Waals surface area contributed by atoms with Crippen LogP contribution in [0.5, 0.6) is 0 Å². The first-order valence-corrected chi connectivity index (χ1v) is 13.5. The second-order valence-corrected chi connectivity index (χ2v) is 10.8. The molecule has 0 spiro atoms. The van der Waals surface area contributed by atoms with Gasteiger partial charge in [-0.25, -0.2) is 12.8 Å². The summed E-state index contributed by atoms with van der Waals surface area (Å²) in [6.45, 7) is 0.365. The number of sulfonamides is 1. The molecule has 174 valence electrons. The molecule has 1 N–H and O–H groups in total. The molecule has 0 aliphatic carbocycles. The number of carbonyl (C=O) groups excluding carboxylic acids is 1. The highest BCUT2D eigenvalue weighted by Gasteiger charge is 2.20. The van der Waals surface area contributed by atoms with Crippen LogP contribution in [0.15, 0.2) is 72.8 Å². The quantitative estimate of drug-likeness (QED) is 0.388. The second-order valence-electron chi connectivity index (χ2n) is 7.34. The van der Waals surface area contributed by atoms with Gasteiger partial charge in [0.1, 0.15) is 5.82 Å². The Morgan fingerprint density at radius 3 is 2.33 bits per heavy atom. The van der Waals surface area contributed by atoms with Crippen LogP contribution < -0.4 is 9.62 Å². The lowest BCUT2D eigenvalue weighted by Gasteiger charge is -2.23. The first-order valence-electron chi connectivity index (χ1n) is 10.2. The van der Waals surface area contributed by atoms with Crippen molar-refractivity contribution in [3.8, 4) is 0 Å². The zero-order chi connectivity index (χ0) is 23.8. The number of rotatable bonds is 10. The van der Waals surface area contributed by atoms with Gasteiger partial charge in [-0.2, -0.15) is 11.8 Å². The van der Waals surface area contributed by atoms with E-state index in [1.165, 1.54) is 6.07 Å². The molecule has 0 aliphatic rings. The Labute approximate surface area is 203 Å². The molecule has 3 rings (SSSR count). The molecule has 0 atom stereocenters. The normalized spacial score (nSPS) is 11.2. The molecule has 1 amide bonds. The lowest BCUT2D eigenvalue weighted by molar-refractivity contribution is 0.0956. The van der Waals surface area contributed by atoms with Crippen LogP contribution in [0.2, 0.25) is 5.02 Å². The van der Waals surface area contributed by atoms with Crippen molar-refractivity contribution < 1.29 is 17.6 Å². The van der Waals surface area contributed by atoms with Gasteiger partial charge in [-0.3, -0.25) is 9.10 Å². The summed E-state index contributed by atoms with van der Waals surface area (Å²) in [5.74, 6) is 0.854. The third-order valence-electron chi connectivity index (χ3n) is 4.80. The van der Waals surface area contributed by atoms with Gasteiger partial charge in [0.05, 0.1) is 18.5 Å². The number of hydrogen-bond donors (Lipinski definition) is 1. The number of hydrogen-bond acceptors (Lipinski definition) is 4. The van der Waals surface area contributed by atoms with Crippen molar-refractivity contribution in [2.75, 3.05) is 22.9 Å². The Bertz CT molecular complexity index is 1190. The summed E-state index contributed by atoms with van der Waals surface area (Å²) < 4.78 is 39.7. The van der Waals surface area contributed by atoms with E-state index in [1.54, 1.807) is 54.2 Å². The molecule has 0 bridgehead atoms. The number of halogens is 2. The zero-order valence-corrected chi connectivity index (χ0v) is 20.4. The van der Waals surface area contributed by atoms with Crippen LogP contribution in [0.1, 0.15) is 21.5 Å². The third-order valence-corrected chi connectivity index (χ3v) is 7.23. The molecule has 3 aromatic rings. The van der Waals surface area contributed by atoms with Gasteiger partial charge in [0, 0.05) is 34.2 Å². The van der Waals surface area contributed by atoms with Gasteiger partial charge in [0.2, 0.25) is 10.0 Å². The number of nitrogens with one attached hydrogen (secondary N) is 1. The summed E-state index contributed by atoms with van der Waals surface area (Å²) >= 11 is 7.58. The molecule has 9 heteroatoms. The molecule has 0 aromatic heterocycles. The van der Waals surface area contributed by atoms with Crippen LogP contribution in [0.4, 0.5) is 10.1 Å². The van der Waals surface area contributed by atoms with E-state index in [2.05, 4.69) is 5.32 Å². The monoisotopic (exact) mass is 506 g/mol. The lowest BCUT2D eigenvalue weighted by atomic mass is 10.1. The maximum absolute atomic E-state index is 14.0. The van der Waals surface area contributed by atoms with Crippen LogP contribution in [-0.4, -0.2) is 32.9 Å². The van der Waals surface area contributed by atoms with Crippen molar-refractivity contribution in [2.45, 2.75) is 12.3 Å². The largest absolute Gasteiger partial charge is 0.351 e. The minimum absolute atomic E-state index is 0.137. The highest BCUT2D eigenvalue weighted by Crippen LogP contribution is 2.22. The fraction of sp³-hybridized carbons (Fsp3) is 0.208. The predicted molar refractivity (Wildman–Crippen MR) is 134 cm³/mol. The van der Waals surface area contributed by atoms with Gasteiger partial charge < -0.3 is 5.32 Å². The maximum Gasteiger partial charge on any atom is 0.251 e. The van der Waals surface area contributed by atoms with Crippen LogP contribution in [0.25, 0.3) is 0 Å². The summed E-state index contributed by atoms with van der Waals surface area (Å²) in [4.78, 5) is 12.4. The fourth-order valence-electron chi connectivity index (χ4n) is 3.07. The minimum Gasteiger partial charge on any atom is -0.351 e. The van der Waals surface area contributed by atoms with Crippen molar-refractivity contribution in [3.63, 3.8) is 0 Å². The van der Waals surface area contributed by atoms with Crippen LogP contribution >= 0.6 is 23.4 Å². The molecule has 0 unspecified atom stereocenters. The smallest absolute Gasteiger partial charge is 0.251 e. The SMILES string of the molecule is CS(=O)(=O)N(Cc1ccccc1F)c1ccc(C(=O)NCCSCc2ccc(Cl)cc2)cc1. The molecule has 0 saturated carbocycles. The molecule has 0 heterocycles. The van der Waals surface area contributed by atoms with Gasteiger partial charge in [-0.1, -0.05) is 41.9 Å². The molecule has 0 aliphatic heterocycles. The Morgan fingerprint density at radius 1 is 1.03 bits per heavy atom. The summed E-state index contributed by atoms with van der Waals surface area (Å²) in [7, 11) is -3.66. The van der Waals surface area contributed by atoms with Gasteiger partial charge in [0.25, 0.3) is 5.91 Å². The first kappa shape index (κ1) is 25.1. The number of nitrogens with zero attached hydrogens (tertiary/aromatic N) is 1. The summed E-state index contributed by atoms with van der Waals surface area (Å²) in [5.41, 5.74) is 2.20. The number of carbonyl (C=O) groups is 1. The van der Waals surface area contributed by atoms with E-state index in [0.29, 0.717) is 22.8 Å². The van der Waals surface area contributed by atoms with Gasteiger partial charge in [-0.05, 0) is 48.0 Å². The Kier molecular flexibility index (Phi) is 8.77. The standard InChI is InChI=1S/C24H24ClFN2O3S2/c1-33(30,31)28(16-20-4-2-3-5-23(20)26)22-12-8-19(9-13-22)24(29)27-14-15-32-17-18-6-10-21(25)11-7-18/h2-13H,14-17H2,1H3,(H,27,29). The van der Waals surface area contributed by atoms with E-state index >= 15 is 0 Å². The van der Waals surface area contributed by atoms with Crippen molar-refractivity contribution in [1.82, 2.24) is 5.32 Å². The summed E-state index contributed by atoms with van der Waals surface area (Å²) in [5, 5.41) is 3.56. The average molecular weight is 507 g/mol. The van der Waals surface area contributed by atoms with E-state index in [1.807, 2.05) is 24.3 Å². The van der Waals surface area contributed by atoms with E-state index in [0.717, 1.165) is 27.6 Å². The number of amides is 1. The first-order chi connectivity index (χ1) is 15.7. The fourth-order valence-corrected chi connectivity index (χ4v) is 4.89. The van der Waals surface area contributed by atoms with E-state index < -0.39 is 15.8 Å². The molecule has 0 saturated heterocycles. The van der Waals surface area contributed by atoms with Crippen LogP contribution in [0, 0.1) is 5.82 Å². The van der Waals surface area contributed by atoms with Gasteiger partial charge >= 0.3 is 0 Å². The number of anilines is 1. The van der Waals surface area contributed by atoms with E-state index in [9.17, 15) is 17.6 Å². The van der Waals surface area contributed by atoms with Gasteiger partial charge in [0.15, 0.2) is 0 Å². The average Bonchev–Trinajstić information content (AvgIpc) is 2.79. The van der Waals surface area contributed by atoms with Crippen LogP contribution in [-0.2, 0) is 22.3 Å². The molecular formula is C24H24ClFN2O3S2. The molecule has 0 fully saturated rings. The second kappa shape index (κ2) is 11.5. The molecule has 5 nitrogen and oxygen atoms in total. The van der Waals surface area contributed by atoms with Gasteiger partial charge in [-0.15, -0.1) is 0 Å². The highest BCUT2D eigenvalue weighted by atomic mass is 35.5. The lowest BCUT2D eigenvalue weighted by Crippen LogP contribution is -2.30. The minimum atomic E-state index is -3.66. The Morgan fingerprint density at radius 2 is 1.70 bits per heavy atom. The van der Waals surface area contributed by atoms with Crippen molar-refractivity contribution in [3.05, 3.63) is 100 Å². The van der Waals surface area contributed by atoms with Crippen molar-refractivity contribution >= 4 is 45.0 Å².